The van der Waals surface area contributed by atoms with E-state index in [1.807, 2.05) is 18.3 Å². The van der Waals surface area contributed by atoms with Crippen molar-refractivity contribution >= 4 is 10.9 Å². The Morgan fingerprint density at radius 3 is 2.70 bits per heavy atom. The molecule has 2 heteroatoms. The molecule has 0 bridgehead atoms. The maximum absolute atomic E-state index is 4.60. The molecule has 1 heterocycles. The first-order valence-electron chi connectivity index (χ1n) is 6.59. The van der Waals surface area contributed by atoms with Gasteiger partial charge in [-0.05, 0) is 16.9 Å². The van der Waals surface area contributed by atoms with Gasteiger partial charge >= 0.3 is 0 Å². The predicted molar refractivity (Wildman–Crippen MR) is 78.1 cm³/mol. The Kier molecular flexibility index (Phi) is 3.06. The maximum Gasteiger partial charge on any atom is 0.0369 e. The fraction of sp³-hybridized carbons (Fsp3) is 0.167. The summed E-state index contributed by atoms with van der Waals surface area (Å²) in [6.07, 6.45) is 1.87. The van der Waals surface area contributed by atoms with Crippen molar-refractivity contribution in [3.05, 3.63) is 65.9 Å². The Hall–Kier alpha value is -1.46. The zero-order valence-corrected chi connectivity index (χ0v) is 14.4. The Morgan fingerprint density at radius 1 is 1.00 bits per heavy atom. The van der Waals surface area contributed by atoms with Crippen molar-refractivity contribution in [2.75, 3.05) is 0 Å². The van der Waals surface area contributed by atoms with E-state index in [2.05, 4.69) is 55.2 Å². The van der Waals surface area contributed by atoms with E-state index >= 15 is 0 Å². The molecule has 3 aromatic rings. The number of benzene rings is 2. The second kappa shape index (κ2) is 4.53. The Morgan fingerprint density at radius 2 is 1.85 bits per heavy atom. The zero-order valence-electron chi connectivity index (χ0n) is 11.5. The van der Waals surface area contributed by atoms with Crippen molar-refractivity contribution in [1.29, 1.82) is 0 Å². The van der Waals surface area contributed by atoms with Gasteiger partial charge in [0.15, 0.2) is 0 Å². The van der Waals surface area contributed by atoms with E-state index in [9.17, 15) is 0 Å². The third-order valence-corrected chi connectivity index (χ3v) is 4.23. The maximum atomic E-state index is 4.60. The summed E-state index contributed by atoms with van der Waals surface area (Å²) in [5, 5.41) is 1.20. The summed E-state index contributed by atoms with van der Waals surface area (Å²) in [5.74, 6) is 0. The molecular formula is C18H14NW-. The average Bonchev–Trinajstić information content (AvgIpc) is 2.68. The number of hydrogen-bond acceptors (Lipinski definition) is 1. The zero-order chi connectivity index (χ0) is 13.0. The average molecular weight is 428 g/mol. The topological polar surface area (TPSA) is 12.9 Å². The Labute approximate surface area is 133 Å². The Bertz CT molecular complexity index is 805. The summed E-state index contributed by atoms with van der Waals surface area (Å²) < 4.78 is 0. The van der Waals surface area contributed by atoms with E-state index < -0.39 is 0 Å². The monoisotopic (exact) mass is 428 g/mol. The molecule has 1 aromatic heterocycles. The first-order chi connectivity index (χ1) is 9.19. The van der Waals surface area contributed by atoms with E-state index in [4.69, 9.17) is 0 Å². The molecule has 1 aliphatic carbocycles. The van der Waals surface area contributed by atoms with E-state index in [1.165, 1.54) is 27.6 Å². The summed E-state index contributed by atoms with van der Waals surface area (Å²) in [7, 11) is 0. The number of rotatable bonds is 0. The van der Waals surface area contributed by atoms with Crippen molar-refractivity contribution in [2.24, 2.45) is 0 Å². The number of nitrogens with zero attached hydrogens (tertiary/aromatic N) is 1. The standard InChI is InChI=1S/C18H14N.W/c1-18(2)14-8-4-3-7-13(14)16-15(18)10-9-12-6-5-11-19-17(12)16;/h3-6,8-11H,1-2H3;/q-1;. The van der Waals surface area contributed by atoms with Gasteiger partial charge in [-0.1, -0.05) is 43.2 Å². The van der Waals surface area contributed by atoms with Crippen molar-refractivity contribution in [1.82, 2.24) is 4.98 Å². The van der Waals surface area contributed by atoms with Gasteiger partial charge in [-0.2, -0.15) is 0 Å². The van der Waals surface area contributed by atoms with Gasteiger partial charge in [-0.25, -0.2) is 0 Å². The minimum atomic E-state index is 0. The smallest absolute Gasteiger partial charge is 0.0369 e. The molecular weight excluding hydrogens is 414 g/mol. The van der Waals surface area contributed by atoms with Gasteiger partial charge in [0.1, 0.15) is 0 Å². The number of hydrogen-bond donors (Lipinski definition) is 0. The first kappa shape index (κ1) is 13.5. The molecule has 20 heavy (non-hydrogen) atoms. The van der Waals surface area contributed by atoms with Crippen LogP contribution in [0.1, 0.15) is 25.0 Å². The van der Waals surface area contributed by atoms with Crippen LogP contribution >= 0.6 is 0 Å². The third kappa shape index (κ3) is 1.63. The SMILES string of the molecule is CC1(C)c2ccc[c-]c2-c2c1ccc1cccnc21.[W]. The van der Waals surface area contributed by atoms with Crippen LogP contribution in [0.2, 0.25) is 0 Å². The quantitative estimate of drug-likeness (QED) is 0.486. The molecule has 98 valence electrons. The van der Waals surface area contributed by atoms with Gasteiger partial charge in [-0.15, -0.1) is 35.4 Å². The first-order valence-corrected chi connectivity index (χ1v) is 6.59. The van der Waals surface area contributed by atoms with Gasteiger partial charge in [0.05, 0.1) is 0 Å². The van der Waals surface area contributed by atoms with Crippen LogP contribution in [0, 0.1) is 6.07 Å². The van der Waals surface area contributed by atoms with E-state index in [0.717, 1.165) is 5.52 Å². The van der Waals surface area contributed by atoms with Gasteiger partial charge < -0.3 is 0 Å². The molecule has 4 rings (SSSR count). The molecule has 0 N–H and O–H groups in total. The number of fused-ring (bicyclic) bond motifs is 5. The van der Waals surface area contributed by atoms with Crippen LogP contribution in [0.3, 0.4) is 0 Å². The van der Waals surface area contributed by atoms with Crippen LogP contribution in [0.5, 0.6) is 0 Å². The van der Waals surface area contributed by atoms with E-state index in [-0.39, 0.29) is 26.5 Å². The van der Waals surface area contributed by atoms with Gasteiger partial charge in [0.25, 0.3) is 0 Å². The van der Waals surface area contributed by atoms with Crippen molar-refractivity contribution in [3.63, 3.8) is 0 Å². The largest absolute Gasteiger partial charge is 0.266 e. The fourth-order valence-corrected chi connectivity index (χ4v) is 3.23. The third-order valence-electron chi connectivity index (χ3n) is 4.23. The fourth-order valence-electron chi connectivity index (χ4n) is 3.23. The summed E-state index contributed by atoms with van der Waals surface area (Å²) in [6, 6.07) is 18.2. The van der Waals surface area contributed by atoms with Crippen molar-refractivity contribution in [2.45, 2.75) is 19.3 Å². The molecule has 0 atom stereocenters. The molecule has 2 aromatic carbocycles. The van der Waals surface area contributed by atoms with Gasteiger partial charge in [0.2, 0.25) is 0 Å². The number of pyridine rings is 1. The molecule has 0 saturated carbocycles. The van der Waals surface area contributed by atoms with Crippen molar-refractivity contribution in [3.8, 4) is 11.1 Å². The van der Waals surface area contributed by atoms with E-state index in [1.54, 1.807) is 0 Å². The van der Waals surface area contributed by atoms with Crippen LogP contribution < -0.4 is 0 Å². The normalized spacial score (nSPS) is 14.5. The second-order valence-corrected chi connectivity index (χ2v) is 5.65. The van der Waals surface area contributed by atoms with E-state index in [0.29, 0.717) is 0 Å². The summed E-state index contributed by atoms with van der Waals surface area (Å²) >= 11 is 0. The minimum absolute atomic E-state index is 0. The van der Waals surface area contributed by atoms with Crippen LogP contribution in [-0.2, 0) is 26.5 Å². The summed E-state index contributed by atoms with van der Waals surface area (Å²) in [6.45, 7) is 4.56. The predicted octanol–water partition coefficient (Wildman–Crippen LogP) is 4.34. The molecule has 0 saturated heterocycles. The van der Waals surface area contributed by atoms with Gasteiger partial charge in [-0.3, -0.25) is 4.98 Å². The molecule has 0 amide bonds. The molecule has 0 unspecified atom stereocenters. The number of aromatic nitrogens is 1. The van der Waals surface area contributed by atoms with Crippen molar-refractivity contribution < 1.29 is 21.1 Å². The molecule has 0 fully saturated rings. The van der Waals surface area contributed by atoms with Gasteiger partial charge in [0, 0.05) is 32.8 Å². The van der Waals surface area contributed by atoms with Crippen LogP contribution in [0.25, 0.3) is 22.0 Å². The van der Waals surface area contributed by atoms with Crippen LogP contribution in [0.4, 0.5) is 0 Å². The van der Waals surface area contributed by atoms with Crippen LogP contribution in [0.15, 0.2) is 48.7 Å². The molecule has 1 aliphatic rings. The molecule has 0 spiro atoms. The van der Waals surface area contributed by atoms with Crippen LogP contribution in [-0.4, -0.2) is 4.98 Å². The molecule has 1 nitrogen and oxygen atoms in total. The molecule has 0 aliphatic heterocycles. The Balaban J connectivity index is 0.00000121. The summed E-state index contributed by atoms with van der Waals surface area (Å²) in [5.41, 5.74) is 6.31. The molecule has 0 radical (unpaired) electrons. The second-order valence-electron chi connectivity index (χ2n) is 5.65. The minimum Gasteiger partial charge on any atom is -0.266 e. The summed E-state index contributed by atoms with van der Waals surface area (Å²) in [4.78, 5) is 4.60.